The second kappa shape index (κ2) is 3.83. The maximum Gasteiger partial charge on any atom is 0.0901 e. The van der Waals surface area contributed by atoms with Crippen molar-refractivity contribution >= 4 is 0 Å². The number of nitrogens with zero attached hydrogens (tertiary/aromatic N) is 1. The van der Waals surface area contributed by atoms with Gasteiger partial charge in [-0.15, -0.1) is 0 Å². The summed E-state index contributed by atoms with van der Waals surface area (Å²) >= 11 is 0. The van der Waals surface area contributed by atoms with Crippen LogP contribution in [0.4, 0.5) is 0 Å². The number of likely N-dealkylation sites (N-methyl/N-ethyl adjacent to an activating group) is 1. The van der Waals surface area contributed by atoms with Gasteiger partial charge in [-0.3, -0.25) is 0 Å². The van der Waals surface area contributed by atoms with E-state index in [1.165, 1.54) is 30.4 Å². The molecule has 1 N–H and O–H groups in total. The first-order chi connectivity index (χ1) is 9.17. The van der Waals surface area contributed by atoms with Gasteiger partial charge in [-0.05, 0) is 50.4 Å². The zero-order chi connectivity index (χ0) is 13.1. The van der Waals surface area contributed by atoms with E-state index in [4.69, 9.17) is 0 Å². The molecular formula is C17H23NO. The fourth-order valence-electron chi connectivity index (χ4n) is 5.19. The zero-order valence-electron chi connectivity index (χ0n) is 11.7. The van der Waals surface area contributed by atoms with Crippen LogP contribution >= 0.6 is 0 Å². The maximum absolute atomic E-state index is 11.5. The van der Waals surface area contributed by atoms with E-state index in [0.717, 1.165) is 25.8 Å². The van der Waals surface area contributed by atoms with Gasteiger partial charge in [0.25, 0.3) is 0 Å². The fourth-order valence-corrected chi connectivity index (χ4v) is 5.19. The molecule has 0 aromatic heterocycles. The van der Waals surface area contributed by atoms with E-state index in [0.29, 0.717) is 6.04 Å². The highest BCUT2D eigenvalue weighted by Gasteiger charge is 2.62. The van der Waals surface area contributed by atoms with Crippen molar-refractivity contribution in [3.63, 3.8) is 0 Å². The molecule has 2 aliphatic carbocycles. The smallest absolute Gasteiger partial charge is 0.0901 e. The van der Waals surface area contributed by atoms with Gasteiger partial charge in [0.15, 0.2) is 0 Å². The lowest BCUT2D eigenvalue weighted by Crippen LogP contribution is -2.71. The van der Waals surface area contributed by atoms with Crippen LogP contribution < -0.4 is 0 Å². The van der Waals surface area contributed by atoms with E-state index in [9.17, 15) is 5.11 Å². The molecular weight excluding hydrogens is 234 g/mol. The molecule has 1 aromatic rings. The highest BCUT2D eigenvalue weighted by molar-refractivity contribution is 5.44. The quantitative estimate of drug-likeness (QED) is 0.772. The minimum absolute atomic E-state index is 0.0390. The summed E-state index contributed by atoms with van der Waals surface area (Å²) in [6.45, 7) is 1.13. The molecule has 4 rings (SSSR count). The lowest BCUT2D eigenvalue weighted by Gasteiger charge is -2.63. The Kier molecular flexibility index (Phi) is 2.40. The molecule has 1 saturated heterocycles. The lowest BCUT2D eigenvalue weighted by molar-refractivity contribution is -0.160. The van der Waals surface area contributed by atoms with Crippen molar-refractivity contribution in [2.24, 2.45) is 0 Å². The first kappa shape index (κ1) is 11.9. The Labute approximate surface area is 115 Å². The number of piperidine rings is 1. The predicted molar refractivity (Wildman–Crippen MR) is 76.3 cm³/mol. The second-order valence-electron chi connectivity index (χ2n) is 6.82. The van der Waals surface area contributed by atoms with Crippen LogP contribution in [0.1, 0.15) is 43.2 Å². The Morgan fingerprint density at radius 2 is 1.95 bits per heavy atom. The Hall–Kier alpha value is -0.860. The van der Waals surface area contributed by atoms with Crippen LogP contribution in [0.15, 0.2) is 24.3 Å². The zero-order valence-corrected chi connectivity index (χ0v) is 11.7. The third-order valence-corrected chi connectivity index (χ3v) is 6.16. The van der Waals surface area contributed by atoms with Gasteiger partial charge in [0, 0.05) is 11.5 Å². The maximum atomic E-state index is 11.5. The largest absolute Gasteiger partial charge is 0.387 e. The highest BCUT2D eigenvalue weighted by atomic mass is 16.3. The van der Waals surface area contributed by atoms with Gasteiger partial charge in [0.1, 0.15) is 0 Å². The molecule has 1 unspecified atom stereocenters. The van der Waals surface area contributed by atoms with Gasteiger partial charge in [0.2, 0.25) is 0 Å². The number of hydrogen-bond acceptors (Lipinski definition) is 2. The molecule has 2 heteroatoms. The summed E-state index contributed by atoms with van der Waals surface area (Å²) in [6, 6.07) is 9.18. The van der Waals surface area contributed by atoms with Crippen LogP contribution in [0.25, 0.3) is 0 Å². The van der Waals surface area contributed by atoms with E-state index in [1.807, 2.05) is 0 Å². The number of hydrogen-bond donors (Lipinski definition) is 1. The van der Waals surface area contributed by atoms with Gasteiger partial charge < -0.3 is 10.0 Å². The molecule has 1 aromatic carbocycles. The lowest BCUT2D eigenvalue weighted by atomic mass is 9.50. The third kappa shape index (κ3) is 1.34. The molecule has 19 heavy (non-hydrogen) atoms. The summed E-state index contributed by atoms with van der Waals surface area (Å²) in [5.74, 6) is 0. The van der Waals surface area contributed by atoms with E-state index < -0.39 is 5.60 Å². The standard InChI is InChI=1S/C17H23NO/c1-18-11-10-16-8-4-5-9-17(16,19)15(18)12-13-6-2-3-7-14(13)16/h2-3,6-7,15,19H,4-5,8-12H2,1H3/t15-,16+,17?/m1/s1. The van der Waals surface area contributed by atoms with Crippen molar-refractivity contribution in [2.45, 2.75) is 55.6 Å². The van der Waals surface area contributed by atoms with Crippen molar-refractivity contribution < 1.29 is 5.11 Å². The first-order valence-corrected chi connectivity index (χ1v) is 7.68. The summed E-state index contributed by atoms with van der Waals surface area (Å²) in [5.41, 5.74) is 2.48. The topological polar surface area (TPSA) is 23.5 Å². The molecule has 0 amide bonds. The second-order valence-corrected chi connectivity index (χ2v) is 6.82. The van der Waals surface area contributed by atoms with E-state index >= 15 is 0 Å². The van der Waals surface area contributed by atoms with Gasteiger partial charge in [0.05, 0.1) is 5.60 Å². The Morgan fingerprint density at radius 1 is 1.16 bits per heavy atom. The van der Waals surface area contributed by atoms with Crippen LogP contribution in [0, 0.1) is 0 Å². The van der Waals surface area contributed by atoms with Gasteiger partial charge in [-0.25, -0.2) is 0 Å². The van der Waals surface area contributed by atoms with Crippen LogP contribution in [-0.2, 0) is 11.8 Å². The molecule has 102 valence electrons. The molecule has 2 nitrogen and oxygen atoms in total. The average Bonchev–Trinajstić information content (AvgIpc) is 2.43. The number of rotatable bonds is 0. The Morgan fingerprint density at radius 3 is 2.84 bits per heavy atom. The summed E-state index contributed by atoms with van der Waals surface area (Å²) < 4.78 is 0. The number of benzene rings is 1. The van der Waals surface area contributed by atoms with Crippen molar-refractivity contribution in [3.8, 4) is 0 Å². The molecule has 0 spiro atoms. The Balaban J connectivity index is 1.96. The summed E-state index contributed by atoms with van der Waals surface area (Å²) in [6.07, 6.45) is 6.75. The summed E-state index contributed by atoms with van der Waals surface area (Å²) in [7, 11) is 2.19. The monoisotopic (exact) mass is 257 g/mol. The van der Waals surface area contributed by atoms with Crippen LogP contribution in [-0.4, -0.2) is 35.2 Å². The predicted octanol–water partition coefficient (Wildman–Crippen LogP) is 2.49. The minimum atomic E-state index is -0.493. The van der Waals surface area contributed by atoms with Gasteiger partial charge in [-0.1, -0.05) is 37.1 Å². The molecule has 1 aliphatic heterocycles. The van der Waals surface area contributed by atoms with Crippen LogP contribution in [0.2, 0.25) is 0 Å². The number of aliphatic hydroxyl groups is 1. The molecule has 3 atom stereocenters. The SMILES string of the molecule is CN1CC[C@]23CCCCC2(O)[C@H]1Cc1ccccc13. The van der Waals surface area contributed by atoms with Gasteiger partial charge >= 0.3 is 0 Å². The van der Waals surface area contributed by atoms with Gasteiger partial charge in [-0.2, -0.15) is 0 Å². The van der Waals surface area contributed by atoms with Crippen LogP contribution in [0.5, 0.6) is 0 Å². The van der Waals surface area contributed by atoms with Crippen molar-refractivity contribution in [1.29, 1.82) is 0 Å². The summed E-state index contributed by atoms with van der Waals surface area (Å²) in [5, 5.41) is 11.5. The normalized spacial score (nSPS) is 41.5. The molecule has 2 bridgehead atoms. The minimum Gasteiger partial charge on any atom is -0.387 e. The van der Waals surface area contributed by atoms with Crippen molar-refractivity contribution in [3.05, 3.63) is 35.4 Å². The fraction of sp³-hybridized carbons (Fsp3) is 0.647. The third-order valence-electron chi connectivity index (χ3n) is 6.16. The van der Waals surface area contributed by atoms with Crippen LogP contribution in [0.3, 0.4) is 0 Å². The average molecular weight is 257 g/mol. The molecule has 1 heterocycles. The molecule has 1 saturated carbocycles. The van der Waals surface area contributed by atoms with E-state index in [2.05, 4.69) is 36.2 Å². The van der Waals surface area contributed by atoms with Crippen molar-refractivity contribution in [2.75, 3.05) is 13.6 Å². The molecule has 0 radical (unpaired) electrons. The highest BCUT2D eigenvalue weighted by Crippen LogP contribution is 2.57. The van der Waals surface area contributed by atoms with E-state index in [-0.39, 0.29) is 5.41 Å². The number of likely N-dealkylation sites (tertiary alicyclic amines) is 1. The van der Waals surface area contributed by atoms with E-state index in [1.54, 1.807) is 0 Å². The first-order valence-electron chi connectivity index (χ1n) is 7.68. The Bertz CT molecular complexity index is 514. The molecule has 2 fully saturated rings. The summed E-state index contributed by atoms with van der Waals surface area (Å²) in [4.78, 5) is 2.40. The number of fused-ring (bicyclic) bond motifs is 1. The molecule has 3 aliphatic rings. The van der Waals surface area contributed by atoms with Crippen molar-refractivity contribution in [1.82, 2.24) is 4.90 Å².